The van der Waals surface area contributed by atoms with Crippen molar-refractivity contribution >= 4 is 11.8 Å². The maximum Gasteiger partial charge on any atom is 0.416 e. The van der Waals surface area contributed by atoms with Crippen LogP contribution in [0.25, 0.3) is 0 Å². The molecular formula is C16H19F3N2O2. The van der Waals surface area contributed by atoms with Crippen molar-refractivity contribution in [1.29, 1.82) is 0 Å². The van der Waals surface area contributed by atoms with Crippen LogP contribution in [0.5, 0.6) is 0 Å². The zero-order chi connectivity index (χ0) is 17.2. The summed E-state index contributed by atoms with van der Waals surface area (Å²) in [5.74, 6) is -1.13. The minimum absolute atomic E-state index is 0.0519. The summed E-state index contributed by atoms with van der Waals surface area (Å²) in [4.78, 5) is 25.2. The van der Waals surface area contributed by atoms with E-state index in [-0.39, 0.29) is 24.9 Å². The maximum absolute atomic E-state index is 12.7. The van der Waals surface area contributed by atoms with Crippen molar-refractivity contribution < 1.29 is 22.8 Å². The summed E-state index contributed by atoms with van der Waals surface area (Å²) in [6, 6.07) is 4.69. The zero-order valence-corrected chi connectivity index (χ0v) is 12.8. The molecule has 4 nitrogen and oxygen atoms in total. The van der Waals surface area contributed by atoms with Crippen LogP contribution < -0.4 is 5.73 Å². The highest BCUT2D eigenvalue weighted by molar-refractivity contribution is 5.81. The van der Waals surface area contributed by atoms with Crippen molar-refractivity contribution in [1.82, 2.24) is 4.90 Å². The van der Waals surface area contributed by atoms with Crippen LogP contribution >= 0.6 is 0 Å². The Balaban J connectivity index is 2.10. The third kappa shape index (κ3) is 4.24. The number of hydrogen-bond donors (Lipinski definition) is 1. The third-order valence-electron chi connectivity index (χ3n) is 4.21. The Hall–Kier alpha value is -2.05. The molecule has 0 saturated carbocycles. The maximum atomic E-state index is 12.7. The second-order valence-electron chi connectivity index (χ2n) is 5.95. The van der Waals surface area contributed by atoms with Crippen molar-refractivity contribution in [2.75, 3.05) is 6.54 Å². The molecule has 126 valence electrons. The normalized spacial score (nSPS) is 22.0. The lowest BCUT2D eigenvalue weighted by molar-refractivity contribution is -0.139. The summed E-state index contributed by atoms with van der Waals surface area (Å²) in [5.41, 5.74) is 4.82. The van der Waals surface area contributed by atoms with Crippen LogP contribution in [0, 0.1) is 5.92 Å². The van der Waals surface area contributed by atoms with Gasteiger partial charge in [-0.15, -0.1) is 0 Å². The number of amides is 2. The number of primary amides is 1. The predicted octanol–water partition coefficient (Wildman–Crippen LogP) is 2.36. The van der Waals surface area contributed by atoms with E-state index in [9.17, 15) is 22.8 Å². The number of piperidine rings is 1. The minimum atomic E-state index is -4.44. The molecule has 0 aromatic heterocycles. The number of halogens is 3. The van der Waals surface area contributed by atoms with E-state index in [1.165, 1.54) is 12.1 Å². The molecule has 1 aliphatic heterocycles. The van der Waals surface area contributed by atoms with Gasteiger partial charge in [-0.05, 0) is 31.4 Å². The molecule has 7 heteroatoms. The van der Waals surface area contributed by atoms with Crippen LogP contribution in [0.2, 0.25) is 0 Å². The Morgan fingerprint density at radius 1 is 1.30 bits per heavy atom. The highest BCUT2D eigenvalue weighted by Crippen LogP contribution is 2.30. The molecule has 1 saturated heterocycles. The van der Waals surface area contributed by atoms with Crippen LogP contribution in [-0.2, 0) is 22.2 Å². The molecule has 1 heterocycles. The van der Waals surface area contributed by atoms with Crippen LogP contribution in [0.1, 0.15) is 30.9 Å². The van der Waals surface area contributed by atoms with Gasteiger partial charge in [0.2, 0.25) is 11.8 Å². The van der Waals surface area contributed by atoms with E-state index in [1.807, 2.05) is 6.92 Å². The van der Waals surface area contributed by atoms with Gasteiger partial charge in [0.1, 0.15) is 0 Å². The van der Waals surface area contributed by atoms with Gasteiger partial charge in [0.15, 0.2) is 0 Å². The Labute approximate surface area is 132 Å². The van der Waals surface area contributed by atoms with Gasteiger partial charge in [-0.2, -0.15) is 13.2 Å². The molecule has 1 aromatic rings. The van der Waals surface area contributed by atoms with Crippen LogP contribution in [0.4, 0.5) is 13.2 Å². The standard InChI is InChI=1S/C16H19F3N2O2/c1-10-5-6-12(15(20)23)9-21(10)14(22)8-11-3-2-4-13(7-11)16(17,18)19/h2-4,7,10,12H,5-6,8-9H2,1H3,(H2,20,23)/t10-,12+/m0/s1. The molecule has 2 rings (SSSR count). The molecular weight excluding hydrogens is 309 g/mol. The first-order valence-corrected chi connectivity index (χ1v) is 7.43. The minimum Gasteiger partial charge on any atom is -0.369 e. The topological polar surface area (TPSA) is 63.4 Å². The lowest BCUT2D eigenvalue weighted by Gasteiger charge is -2.37. The Kier molecular flexibility index (Phi) is 4.97. The van der Waals surface area contributed by atoms with E-state index in [1.54, 1.807) is 4.90 Å². The number of hydrogen-bond acceptors (Lipinski definition) is 2. The fourth-order valence-corrected chi connectivity index (χ4v) is 2.82. The average Bonchev–Trinajstić information content (AvgIpc) is 2.46. The van der Waals surface area contributed by atoms with E-state index in [4.69, 9.17) is 5.73 Å². The fourth-order valence-electron chi connectivity index (χ4n) is 2.82. The first kappa shape index (κ1) is 17.3. The smallest absolute Gasteiger partial charge is 0.369 e. The molecule has 1 fully saturated rings. The van der Waals surface area contributed by atoms with Crippen molar-refractivity contribution in [3.8, 4) is 0 Å². The van der Waals surface area contributed by atoms with Gasteiger partial charge in [0.05, 0.1) is 17.9 Å². The van der Waals surface area contributed by atoms with Crippen LogP contribution in [0.15, 0.2) is 24.3 Å². The SMILES string of the molecule is C[C@H]1CC[C@@H](C(N)=O)CN1C(=O)Cc1cccc(C(F)(F)F)c1. The number of benzene rings is 1. The van der Waals surface area contributed by atoms with Gasteiger partial charge in [0, 0.05) is 12.6 Å². The van der Waals surface area contributed by atoms with Crippen molar-refractivity contribution in [3.05, 3.63) is 35.4 Å². The van der Waals surface area contributed by atoms with Gasteiger partial charge in [-0.3, -0.25) is 9.59 Å². The molecule has 2 amide bonds. The highest BCUT2D eigenvalue weighted by atomic mass is 19.4. The number of carbonyl (C=O) groups is 2. The number of likely N-dealkylation sites (tertiary alicyclic amines) is 1. The highest BCUT2D eigenvalue weighted by Gasteiger charge is 2.33. The molecule has 0 bridgehead atoms. The van der Waals surface area contributed by atoms with Gasteiger partial charge in [0.25, 0.3) is 0 Å². The molecule has 0 radical (unpaired) electrons. The number of rotatable bonds is 3. The summed E-state index contributed by atoms with van der Waals surface area (Å²) < 4.78 is 38.1. The lowest BCUT2D eigenvalue weighted by Crippen LogP contribution is -2.49. The van der Waals surface area contributed by atoms with Crippen LogP contribution in [0.3, 0.4) is 0 Å². The molecule has 0 unspecified atom stereocenters. The van der Waals surface area contributed by atoms with Gasteiger partial charge in [-0.25, -0.2) is 0 Å². The van der Waals surface area contributed by atoms with Crippen molar-refractivity contribution in [2.24, 2.45) is 11.7 Å². The summed E-state index contributed by atoms with van der Waals surface area (Å²) in [6.07, 6.45) is -3.28. The zero-order valence-electron chi connectivity index (χ0n) is 12.8. The van der Waals surface area contributed by atoms with E-state index < -0.39 is 23.6 Å². The molecule has 1 aliphatic rings. The van der Waals surface area contributed by atoms with E-state index in [0.29, 0.717) is 18.4 Å². The predicted molar refractivity (Wildman–Crippen MR) is 78.2 cm³/mol. The number of carbonyl (C=O) groups excluding carboxylic acids is 2. The summed E-state index contributed by atoms with van der Waals surface area (Å²) in [6.45, 7) is 2.09. The number of nitrogens with two attached hydrogens (primary N) is 1. The van der Waals surface area contributed by atoms with Gasteiger partial charge < -0.3 is 10.6 Å². The molecule has 1 aromatic carbocycles. The average molecular weight is 328 g/mol. The molecule has 0 spiro atoms. The van der Waals surface area contributed by atoms with Gasteiger partial charge >= 0.3 is 6.18 Å². The first-order valence-electron chi connectivity index (χ1n) is 7.43. The number of nitrogens with zero attached hydrogens (tertiary/aromatic N) is 1. The van der Waals surface area contributed by atoms with E-state index >= 15 is 0 Å². The lowest BCUT2D eigenvalue weighted by atomic mass is 9.92. The summed E-state index contributed by atoms with van der Waals surface area (Å²) >= 11 is 0. The third-order valence-corrected chi connectivity index (χ3v) is 4.21. The summed E-state index contributed by atoms with van der Waals surface area (Å²) in [5, 5.41) is 0. The molecule has 2 atom stereocenters. The fraction of sp³-hybridized carbons (Fsp3) is 0.500. The van der Waals surface area contributed by atoms with Crippen molar-refractivity contribution in [3.63, 3.8) is 0 Å². The Morgan fingerprint density at radius 3 is 2.61 bits per heavy atom. The molecule has 2 N–H and O–H groups in total. The second-order valence-corrected chi connectivity index (χ2v) is 5.95. The molecule has 23 heavy (non-hydrogen) atoms. The monoisotopic (exact) mass is 328 g/mol. The van der Waals surface area contributed by atoms with Gasteiger partial charge in [-0.1, -0.05) is 18.2 Å². The summed E-state index contributed by atoms with van der Waals surface area (Å²) in [7, 11) is 0. The Morgan fingerprint density at radius 2 is 2.00 bits per heavy atom. The van der Waals surface area contributed by atoms with Crippen LogP contribution in [-0.4, -0.2) is 29.3 Å². The number of alkyl halides is 3. The van der Waals surface area contributed by atoms with E-state index in [0.717, 1.165) is 12.1 Å². The first-order chi connectivity index (χ1) is 10.7. The van der Waals surface area contributed by atoms with Crippen molar-refractivity contribution in [2.45, 2.75) is 38.4 Å². The van der Waals surface area contributed by atoms with E-state index in [2.05, 4.69) is 0 Å². The second kappa shape index (κ2) is 6.60. The Bertz CT molecular complexity index is 601. The molecule has 0 aliphatic carbocycles. The largest absolute Gasteiger partial charge is 0.416 e. The quantitative estimate of drug-likeness (QED) is 0.926.